The summed E-state index contributed by atoms with van der Waals surface area (Å²) in [6, 6.07) is 0. The quantitative estimate of drug-likeness (QED) is 0.533. The lowest BCUT2D eigenvalue weighted by molar-refractivity contribution is -0.277. The predicted molar refractivity (Wildman–Crippen MR) is 67.7 cm³/mol. The van der Waals surface area contributed by atoms with Crippen LogP contribution in [0.2, 0.25) is 0 Å². The molecule has 1 aliphatic rings. The van der Waals surface area contributed by atoms with Gasteiger partial charge in [-0.15, -0.1) is 6.58 Å². The van der Waals surface area contributed by atoms with E-state index < -0.39 is 23.8 Å². The highest BCUT2D eigenvalue weighted by molar-refractivity contribution is 5.02. The van der Waals surface area contributed by atoms with Crippen LogP contribution in [0.25, 0.3) is 0 Å². The fourth-order valence-electron chi connectivity index (χ4n) is 2.77. The highest BCUT2D eigenvalue weighted by atomic mass is 19.4. The second-order valence-electron chi connectivity index (χ2n) is 5.08. The molecule has 0 N–H and O–H groups in total. The predicted octanol–water partition coefficient (Wildman–Crippen LogP) is 4.31. The minimum absolute atomic E-state index is 0.103. The minimum Gasteiger partial charge on any atom is -0.353 e. The van der Waals surface area contributed by atoms with Crippen LogP contribution in [-0.2, 0) is 9.47 Å². The molecule has 112 valence electrons. The molecular weight excluding hydrogens is 257 g/mol. The summed E-state index contributed by atoms with van der Waals surface area (Å²) in [7, 11) is 0. The SMILES string of the molecule is C=CC1CCCCC1(COC(C)OCC)C(F)(F)F. The molecule has 2 nitrogen and oxygen atoms in total. The lowest BCUT2D eigenvalue weighted by Gasteiger charge is -2.44. The third-order valence-electron chi connectivity index (χ3n) is 3.92. The van der Waals surface area contributed by atoms with Gasteiger partial charge in [-0.1, -0.05) is 18.9 Å². The Labute approximate surface area is 113 Å². The van der Waals surface area contributed by atoms with Gasteiger partial charge in [-0.25, -0.2) is 0 Å². The highest BCUT2D eigenvalue weighted by Gasteiger charge is 2.59. The van der Waals surface area contributed by atoms with Gasteiger partial charge in [0.15, 0.2) is 6.29 Å². The normalized spacial score (nSPS) is 30.1. The first-order valence-electron chi connectivity index (χ1n) is 6.80. The molecule has 0 aliphatic heterocycles. The molecule has 0 saturated heterocycles. The van der Waals surface area contributed by atoms with E-state index in [0.29, 0.717) is 19.4 Å². The van der Waals surface area contributed by atoms with Crippen molar-refractivity contribution in [2.75, 3.05) is 13.2 Å². The van der Waals surface area contributed by atoms with Gasteiger partial charge in [0.2, 0.25) is 0 Å². The average Bonchev–Trinajstić information content (AvgIpc) is 2.35. The van der Waals surface area contributed by atoms with Crippen LogP contribution in [0.5, 0.6) is 0 Å². The largest absolute Gasteiger partial charge is 0.397 e. The molecule has 1 saturated carbocycles. The molecule has 0 heterocycles. The Bertz CT molecular complexity index is 291. The van der Waals surface area contributed by atoms with Crippen LogP contribution in [0, 0.1) is 11.3 Å². The first-order chi connectivity index (χ1) is 8.87. The lowest BCUT2D eigenvalue weighted by atomic mass is 9.66. The van der Waals surface area contributed by atoms with Crippen LogP contribution < -0.4 is 0 Å². The van der Waals surface area contributed by atoms with Crippen molar-refractivity contribution in [3.05, 3.63) is 12.7 Å². The monoisotopic (exact) mass is 280 g/mol. The Morgan fingerprint density at radius 2 is 2.05 bits per heavy atom. The first kappa shape index (κ1) is 16.5. The van der Waals surface area contributed by atoms with E-state index in [4.69, 9.17) is 9.47 Å². The molecule has 1 rings (SSSR count). The average molecular weight is 280 g/mol. The smallest absolute Gasteiger partial charge is 0.353 e. The van der Waals surface area contributed by atoms with Crippen molar-refractivity contribution in [1.82, 2.24) is 0 Å². The van der Waals surface area contributed by atoms with E-state index in [1.165, 1.54) is 6.08 Å². The molecule has 5 heteroatoms. The van der Waals surface area contributed by atoms with E-state index in [1.807, 2.05) is 0 Å². The summed E-state index contributed by atoms with van der Waals surface area (Å²) in [6.07, 6.45) is -1.44. The molecule has 0 aromatic carbocycles. The van der Waals surface area contributed by atoms with E-state index in [-0.39, 0.29) is 13.0 Å². The van der Waals surface area contributed by atoms with Crippen molar-refractivity contribution >= 4 is 0 Å². The summed E-state index contributed by atoms with van der Waals surface area (Å²) in [5.74, 6) is -0.574. The zero-order valence-electron chi connectivity index (χ0n) is 11.6. The highest BCUT2D eigenvalue weighted by Crippen LogP contribution is 2.53. The van der Waals surface area contributed by atoms with Crippen LogP contribution in [0.1, 0.15) is 39.5 Å². The maximum absolute atomic E-state index is 13.5. The Kier molecular flexibility index (Phi) is 5.86. The summed E-state index contributed by atoms with van der Waals surface area (Å²) in [6.45, 7) is 7.05. The summed E-state index contributed by atoms with van der Waals surface area (Å²) in [5, 5.41) is 0. The van der Waals surface area contributed by atoms with Gasteiger partial charge in [-0.2, -0.15) is 13.2 Å². The van der Waals surface area contributed by atoms with Crippen LogP contribution >= 0.6 is 0 Å². The Balaban J connectivity index is 2.83. The molecule has 0 radical (unpaired) electrons. The molecule has 0 bridgehead atoms. The molecule has 0 aromatic heterocycles. The van der Waals surface area contributed by atoms with Gasteiger partial charge in [0, 0.05) is 6.61 Å². The third-order valence-corrected chi connectivity index (χ3v) is 3.92. The first-order valence-corrected chi connectivity index (χ1v) is 6.80. The van der Waals surface area contributed by atoms with Gasteiger partial charge >= 0.3 is 6.18 Å². The zero-order valence-corrected chi connectivity index (χ0v) is 11.6. The Hall–Kier alpha value is -0.550. The summed E-state index contributed by atoms with van der Waals surface area (Å²) in [5.41, 5.74) is -1.81. The fraction of sp³-hybridized carbons (Fsp3) is 0.857. The van der Waals surface area contributed by atoms with Crippen molar-refractivity contribution in [3.8, 4) is 0 Å². The lowest BCUT2D eigenvalue weighted by Crippen LogP contribution is -2.49. The van der Waals surface area contributed by atoms with E-state index in [2.05, 4.69) is 6.58 Å². The van der Waals surface area contributed by atoms with Gasteiger partial charge in [-0.3, -0.25) is 0 Å². The molecule has 0 spiro atoms. The summed E-state index contributed by atoms with van der Waals surface area (Å²) in [4.78, 5) is 0. The van der Waals surface area contributed by atoms with Crippen LogP contribution in [0.3, 0.4) is 0 Å². The van der Waals surface area contributed by atoms with Crippen LogP contribution in [0.15, 0.2) is 12.7 Å². The number of hydrogen-bond donors (Lipinski definition) is 0. The topological polar surface area (TPSA) is 18.5 Å². The molecule has 3 atom stereocenters. The minimum atomic E-state index is -4.28. The van der Waals surface area contributed by atoms with E-state index in [0.717, 1.165) is 6.42 Å². The van der Waals surface area contributed by atoms with Gasteiger partial charge in [0.05, 0.1) is 12.0 Å². The second-order valence-corrected chi connectivity index (χ2v) is 5.08. The number of halogens is 3. The van der Waals surface area contributed by atoms with Gasteiger partial charge in [0.1, 0.15) is 0 Å². The number of hydrogen-bond acceptors (Lipinski definition) is 2. The summed E-state index contributed by atoms with van der Waals surface area (Å²) < 4.78 is 50.9. The zero-order chi connectivity index (χ0) is 14.5. The van der Waals surface area contributed by atoms with Gasteiger partial charge in [0.25, 0.3) is 0 Å². The number of ether oxygens (including phenoxy) is 2. The number of rotatable bonds is 6. The third kappa shape index (κ3) is 3.72. The van der Waals surface area contributed by atoms with E-state index in [9.17, 15) is 13.2 Å². The van der Waals surface area contributed by atoms with Crippen molar-refractivity contribution in [2.45, 2.75) is 52.0 Å². The summed E-state index contributed by atoms with van der Waals surface area (Å²) >= 11 is 0. The van der Waals surface area contributed by atoms with Gasteiger partial charge in [-0.05, 0) is 32.6 Å². The standard InChI is InChI=1S/C14H23F3O2/c1-4-12-8-6-7-9-13(12,14(15,16)17)10-19-11(3)18-5-2/h4,11-12H,1,5-10H2,2-3H3. The van der Waals surface area contributed by atoms with Crippen molar-refractivity contribution in [3.63, 3.8) is 0 Å². The molecule has 3 unspecified atom stereocenters. The molecule has 0 aromatic rings. The number of allylic oxidation sites excluding steroid dienone is 1. The van der Waals surface area contributed by atoms with E-state index in [1.54, 1.807) is 13.8 Å². The second kappa shape index (κ2) is 6.75. The molecule has 19 heavy (non-hydrogen) atoms. The maximum Gasteiger partial charge on any atom is 0.397 e. The van der Waals surface area contributed by atoms with Crippen molar-refractivity contribution in [1.29, 1.82) is 0 Å². The number of alkyl halides is 3. The Morgan fingerprint density at radius 1 is 1.37 bits per heavy atom. The van der Waals surface area contributed by atoms with Crippen molar-refractivity contribution < 1.29 is 22.6 Å². The molecular formula is C14H23F3O2. The molecule has 1 aliphatic carbocycles. The maximum atomic E-state index is 13.5. The van der Waals surface area contributed by atoms with Crippen molar-refractivity contribution in [2.24, 2.45) is 11.3 Å². The van der Waals surface area contributed by atoms with Crippen LogP contribution in [0.4, 0.5) is 13.2 Å². The van der Waals surface area contributed by atoms with Crippen LogP contribution in [-0.4, -0.2) is 25.7 Å². The van der Waals surface area contributed by atoms with E-state index >= 15 is 0 Å². The Morgan fingerprint density at radius 3 is 2.58 bits per heavy atom. The fourth-order valence-corrected chi connectivity index (χ4v) is 2.77. The molecule has 1 fully saturated rings. The molecule has 0 amide bonds. The van der Waals surface area contributed by atoms with Gasteiger partial charge < -0.3 is 9.47 Å².